The third-order valence-corrected chi connectivity index (χ3v) is 7.38. The molecule has 0 saturated heterocycles. The Balaban J connectivity index is 1.99. The highest BCUT2D eigenvalue weighted by molar-refractivity contribution is 7.80. The summed E-state index contributed by atoms with van der Waals surface area (Å²) in [5, 5.41) is 22.6. The van der Waals surface area contributed by atoms with Gasteiger partial charge in [-0.05, 0) is 43.6 Å². The van der Waals surface area contributed by atoms with Gasteiger partial charge in [-0.3, -0.25) is 0 Å². The van der Waals surface area contributed by atoms with Crippen LogP contribution in [-0.2, 0) is 11.2 Å². The topological polar surface area (TPSA) is 99.1 Å². The number of methoxy groups -OCH3 is 1. The van der Waals surface area contributed by atoms with Crippen molar-refractivity contribution in [1.29, 1.82) is 0 Å². The average Bonchev–Trinajstić information content (AvgIpc) is 2.85. The minimum absolute atomic E-state index is 0.0437. The predicted molar refractivity (Wildman–Crippen MR) is 151 cm³/mol. The lowest BCUT2D eigenvalue weighted by molar-refractivity contribution is -0.133. The molecule has 1 aliphatic heterocycles. The van der Waals surface area contributed by atoms with Crippen molar-refractivity contribution in [3.05, 3.63) is 40.6 Å². The van der Waals surface area contributed by atoms with Crippen LogP contribution in [0.15, 0.2) is 29.5 Å². The SMILES string of the molecule is CCCCCCCCCCCCCCCc1cccc(OC)c1C1C(C(=O)O)=C(C)NC(=S)N1C(=O)O. The standard InChI is InChI=1S/C29H44N2O5S/c1-4-5-6-7-8-9-10-11-12-13-14-15-16-18-22-19-17-20-23(36-3)25(22)26-24(27(32)33)21(2)30-28(37)31(26)29(34)35/h17,19-20,26H,4-16,18H2,1-3H3,(H,30,37)(H,32,33)(H,34,35). The van der Waals surface area contributed by atoms with Crippen LogP contribution in [0.25, 0.3) is 0 Å². The summed E-state index contributed by atoms with van der Waals surface area (Å²) < 4.78 is 5.59. The Hall–Kier alpha value is -2.61. The fourth-order valence-electron chi connectivity index (χ4n) is 5.12. The van der Waals surface area contributed by atoms with Crippen molar-refractivity contribution in [3.63, 3.8) is 0 Å². The molecular formula is C29H44N2O5S. The molecule has 1 aromatic rings. The van der Waals surface area contributed by atoms with Crippen LogP contribution in [0, 0.1) is 0 Å². The molecule has 0 saturated carbocycles. The zero-order chi connectivity index (χ0) is 27.2. The van der Waals surface area contributed by atoms with Crippen LogP contribution in [0.3, 0.4) is 0 Å². The molecule has 1 aromatic carbocycles. The Morgan fingerprint density at radius 1 is 0.946 bits per heavy atom. The van der Waals surface area contributed by atoms with Crippen molar-refractivity contribution in [2.75, 3.05) is 7.11 Å². The summed E-state index contributed by atoms with van der Waals surface area (Å²) in [6.07, 6.45) is 15.8. The molecule has 8 heteroatoms. The maximum atomic E-state index is 12.2. The molecule has 3 N–H and O–H groups in total. The van der Waals surface area contributed by atoms with E-state index in [0.29, 0.717) is 23.4 Å². The summed E-state index contributed by atoms with van der Waals surface area (Å²) in [6.45, 7) is 3.85. The molecule has 7 nitrogen and oxygen atoms in total. The molecule has 0 aliphatic carbocycles. The van der Waals surface area contributed by atoms with Gasteiger partial charge in [0.15, 0.2) is 5.11 Å². The molecule has 2 rings (SSSR count). The quantitative estimate of drug-likeness (QED) is 0.140. The fraction of sp³-hybridized carbons (Fsp3) is 0.621. The molecule has 1 heterocycles. The molecule has 37 heavy (non-hydrogen) atoms. The van der Waals surface area contributed by atoms with Crippen molar-refractivity contribution in [3.8, 4) is 5.75 Å². The fourth-order valence-corrected chi connectivity index (χ4v) is 5.45. The van der Waals surface area contributed by atoms with E-state index in [4.69, 9.17) is 17.0 Å². The van der Waals surface area contributed by atoms with Gasteiger partial charge in [0, 0.05) is 11.3 Å². The van der Waals surface area contributed by atoms with Crippen molar-refractivity contribution >= 4 is 29.4 Å². The van der Waals surface area contributed by atoms with Gasteiger partial charge in [-0.15, -0.1) is 0 Å². The average molecular weight is 533 g/mol. The van der Waals surface area contributed by atoms with E-state index >= 15 is 0 Å². The number of unbranched alkanes of at least 4 members (excludes halogenated alkanes) is 12. The molecule has 1 unspecified atom stereocenters. The van der Waals surface area contributed by atoms with Crippen LogP contribution in [0.2, 0.25) is 0 Å². The zero-order valence-corrected chi connectivity index (χ0v) is 23.5. The Morgan fingerprint density at radius 3 is 1.97 bits per heavy atom. The predicted octanol–water partition coefficient (Wildman–Crippen LogP) is 7.60. The highest BCUT2D eigenvalue weighted by Crippen LogP contribution is 2.41. The van der Waals surface area contributed by atoms with Gasteiger partial charge in [0.25, 0.3) is 0 Å². The molecule has 0 radical (unpaired) electrons. The molecule has 0 aromatic heterocycles. The van der Waals surface area contributed by atoms with Crippen LogP contribution in [0.5, 0.6) is 5.75 Å². The van der Waals surface area contributed by atoms with Gasteiger partial charge in [-0.1, -0.05) is 96.1 Å². The monoisotopic (exact) mass is 532 g/mol. The molecular weight excluding hydrogens is 488 g/mol. The minimum atomic E-state index is -1.31. The number of amides is 1. The molecule has 0 spiro atoms. The molecule has 1 atom stereocenters. The Labute approximate surface area is 227 Å². The van der Waals surface area contributed by atoms with Crippen LogP contribution in [0.4, 0.5) is 4.79 Å². The molecule has 1 aliphatic rings. The summed E-state index contributed by atoms with van der Waals surface area (Å²) in [5.74, 6) is -0.735. The summed E-state index contributed by atoms with van der Waals surface area (Å²) in [7, 11) is 1.51. The maximum absolute atomic E-state index is 12.2. The molecule has 0 bridgehead atoms. The number of rotatable bonds is 17. The third kappa shape index (κ3) is 9.02. The van der Waals surface area contributed by atoms with Gasteiger partial charge in [0.2, 0.25) is 0 Å². The van der Waals surface area contributed by atoms with E-state index in [1.807, 2.05) is 12.1 Å². The minimum Gasteiger partial charge on any atom is -0.496 e. The number of aliphatic carboxylic acids is 1. The lowest BCUT2D eigenvalue weighted by Gasteiger charge is -2.37. The highest BCUT2D eigenvalue weighted by Gasteiger charge is 2.42. The number of benzene rings is 1. The lowest BCUT2D eigenvalue weighted by atomic mass is 9.88. The largest absolute Gasteiger partial charge is 0.496 e. The van der Waals surface area contributed by atoms with Gasteiger partial charge < -0.3 is 20.3 Å². The van der Waals surface area contributed by atoms with Crippen molar-refractivity contribution in [1.82, 2.24) is 10.2 Å². The summed E-state index contributed by atoms with van der Waals surface area (Å²) >= 11 is 5.28. The number of nitrogens with one attached hydrogen (secondary N) is 1. The normalized spacial score (nSPS) is 15.6. The van der Waals surface area contributed by atoms with Crippen molar-refractivity contribution < 1.29 is 24.5 Å². The van der Waals surface area contributed by atoms with E-state index < -0.39 is 18.1 Å². The van der Waals surface area contributed by atoms with E-state index in [1.54, 1.807) is 13.0 Å². The number of carboxylic acid groups (broad SMARTS) is 2. The molecule has 1 amide bonds. The summed E-state index contributed by atoms with van der Waals surface area (Å²) in [5.41, 5.74) is 1.71. The van der Waals surface area contributed by atoms with Gasteiger partial charge in [-0.25, -0.2) is 14.5 Å². The first-order chi connectivity index (χ1) is 17.8. The smallest absolute Gasteiger partial charge is 0.414 e. The van der Waals surface area contributed by atoms with Gasteiger partial charge >= 0.3 is 12.1 Å². The summed E-state index contributed by atoms with van der Waals surface area (Å²) in [4.78, 5) is 25.3. The first-order valence-electron chi connectivity index (χ1n) is 13.8. The number of allylic oxidation sites excluding steroid dienone is 1. The number of hydrogen-bond acceptors (Lipinski definition) is 4. The highest BCUT2D eigenvalue weighted by atomic mass is 32.1. The van der Waals surface area contributed by atoms with Gasteiger partial charge in [-0.2, -0.15) is 0 Å². The van der Waals surface area contributed by atoms with Crippen LogP contribution in [0.1, 0.15) is 114 Å². The first-order valence-corrected chi connectivity index (χ1v) is 14.2. The lowest BCUT2D eigenvalue weighted by Crippen LogP contribution is -2.50. The number of nitrogens with zero attached hydrogens (tertiary/aromatic N) is 1. The first kappa shape index (κ1) is 30.6. The van der Waals surface area contributed by atoms with E-state index in [9.17, 15) is 19.8 Å². The van der Waals surface area contributed by atoms with Crippen molar-refractivity contribution in [2.45, 2.75) is 110 Å². The van der Waals surface area contributed by atoms with E-state index in [1.165, 1.54) is 71.3 Å². The van der Waals surface area contributed by atoms with E-state index in [2.05, 4.69) is 12.2 Å². The van der Waals surface area contributed by atoms with Crippen LogP contribution in [-0.4, -0.2) is 39.4 Å². The van der Waals surface area contributed by atoms with E-state index in [-0.39, 0.29) is 10.7 Å². The second-order valence-electron chi connectivity index (χ2n) is 9.85. The number of hydrogen-bond donors (Lipinski definition) is 3. The zero-order valence-electron chi connectivity index (χ0n) is 22.7. The molecule has 0 fully saturated rings. The second-order valence-corrected chi connectivity index (χ2v) is 10.2. The van der Waals surface area contributed by atoms with E-state index in [0.717, 1.165) is 29.7 Å². The van der Waals surface area contributed by atoms with Crippen LogP contribution >= 0.6 is 12.2 Å². The Kier molecular flexibility index (Phi) is 13.5. The number of carboxylic acids is 1. The van der Waals surface area contributed by atoms with Crippen LogP contribution < -0.4 is 10.1 Å². The number of ether oxygens (including phenoxy) is 1. The maximum Gasteiger partial charge on any atom is 0.414 e. The number of carbonyl (C=O) groups is 2. The van der Waals surface area contributed by atoms with Gasteiger partial charge in [0.1, 0.15) is 11.8 Å². The van der Waals surface area contributed by atoms with Gasteiger partial charge in [0.05, 0.1) is 12.7 Å². The second kappa shape index (κ2) is 16.3. The molecule has 206 valence electrons. The van der Waals surface area contributed by atoms with Crippen molar-refractivity contribution in [2.24, 2.45) is 0 Å². The summed E-state index contributed by atoms with van der Waals surface area (Å²) in [6, 6.07) is 4.44. The Morgan fingerprint density at radius 2 is 1.49 bits per heavy atom. The number of aryl methyl sites for hydroxylation is 1. The Bertz CT molecular complexity index is 946. The third-order valence-electron chi connectivity index (χ3n) is 7.08. The number of thiocarbonyl (C=S) groups is 1.